The van der Waals surface area contributed by atoms with Gasteiger partial charge in [-0.1, -0.05) is 35.7 Å². The van der Waals surface area contributed by atoms with Crippen LogP contribution in [0.25, 0.3) is 0 Å². The zero-order chi connectivity index (χ0) is 19.9. The molecule has 0 bridgehead atoms. The van der Waals surface area contributed by atoms with Crippen molar-refractivity contribution in [1.82, 2.24) is 14.5 Å². The molecule has 2 aromatic rings. The lowest BCUT2D eigenvalue weighted by molar-refractivity contribution is -0.117. The van der Waals surface area contributed by atoms with E-state index in [2.05, 4.69) is 20.1 Å². The third-order valence-corrected chi connectivity index (χ3v) is 5.59. The minimum absolute atomic E-state index is 0.0545. The molecule has 0 saturated heterocycles. The van der Waals surface area contributed by atoms with Crippen LogP contribution in [0, 0.1) is 0 Å². The number of halogens is 2. The molecule has 1 amide bonds. The molecule has 28 heavy (non-hydrogen) atoms. The molecule has 3 rings (SSSR count). The second-order valence-electron chi connectivity index (χ2n) is 6.19. The first kappa shape index (κ1) is 20.7. The third kappa shape index (κ3) is 5.73. The average molecular weight is 440 g/mol. The lowest BCUT2D eigenvalue weighted by atomic mass is 10.2. The van der Waals surface area contributed by atoms with Crippen molar-refractivity contribution >= 4 is 52.6 Å². The van der Waals surface area contributed by atoms with Crippen molar-refractivity contribution in [3.63, 3.8) is 0 Å². The summed E-state index contributed by atoms with van der Waals surface area (Å²) in [5.74, 6) is 0.609. The molecule has 10 heteroatoms. The predicted molar refractivity (Wildman–Crippen MR) is 113 cm³/mol. The second kappa shape index (κ2) is 9.95. The van der Waals surface area contributed by atoms with Crippen LogP contribution in [0.3, 0.4) is 0 Å². The highest BCUT2D eigenvalue weighted by molar-refractivity contribution is 7.98. The van der Waals surface area contributed by atoms with Gasteiger partial charge in [0.1, 0.15) is 17.4 Å². The largest absolute Gasteiger partial charge is 0.324 e. The lowest BCUT2D eigenvalue weighted by Gasteiger charge is -2.10. The van der Waals surface area contributed by atoms with E-state index in [4.69, 9.17) is 23.2 Å². The van der Waals surface area contributed by atoms with Gasteiger partial charge in [-0.05, 0) is 43.0 Å². The monoisotopic (exact) mass is 439 g/mol. The highest BCUT2D eigenvalue weighted by Crippen LogP contribution is 2.20. The molecule has 0 aliphatic carbocycles. The first-order valence-corrected chi connectivity index (χ1v) is 10.4. The predicted octanol–water partition coefficient (Wildman–Crippen LogP) is 3.76. The molecule has 0 atom stereocenters. The Morgan fingerprint density at radius 1 is 1.25 bits per heavy atom. The number of benzene rings is 1. The fourth-order valence-electron chi connectivity index (χ4n) is 2.61. The van der Waals surface area contributed by atoms with E-state index in [-0.39, 0.29) is 16.6 Å². The Morgan fingerprint density at radius 3 is 2.96 bits per heavy atom. The molecule has 1 aromatic heterocycles. The zero-order valence-corrected chi connectivity index (χ0v) is 17.3. The average Bonchev–Trinajstić information content (AvgIpc) is 2.96. The van der Waals surface area contributed by atoms with Crippen molar-refractivity contribution in [3.05, 3.63) is 50.9 Å². The Labute approximate surface area is 176 Å². The Balaban J connectivity index is 1.59. The van der Waals surface area contributed by atoms with E-state index in [0.717, 1.165) is 41.2 Å². The number of aromatic nitrogens is 2. The van der Waals surface area contributed by atoms with E-state index in [1.165, 1.54) is 24.6 Å². The van der Waals surface area contributed by atoms with Gasteiger partial charge in [0.25, 0.3) is 5.56 Å². The van der Waals surface area contributed by atoms with Crippen LogP contribution >= 0.6 is 35.1 Å². The van der Waals surface area contributed by atoms with Crippen LogP contribution in [0.1, 0.15) is 25.7 Å². The Morgan fingerprint density at radius 2 is 2.11 bits per heavy atom. The van der Waals surface area contributed by atoms with E-state index in [1.54, 1.807) is 6.07 Å². The SMILES string of the molecule is O=C(Cn1ncc(Cl)c(Cl)c1=O)Nc1cccc(SNC2=NCCCCC2)c1. The van der Waals surface area contributed by atoms with Gasteiger partial charge >= 0.3 is 0 Å². The standard InChI is InChI=1S/C18H19Cl2N5O2S/c19-14-10-22-25(18(27)17(14)20)11-16(26)23-12-5-4-6-13(9-12)28-24-15-7-2-1-3-8-21-15/h4-6,9-10H,1-3,7-8,11H2,(H,21,24)(H,23,26). The van der Waals surface area contributed by atoms with Crippen LogP contribution in [0.4, 0.5) is 5.69 Å². The van der Waals surface area contributed by atoms with Crippen molar-refractivity contribution in [2.45, 2.75) is 37.1 Å². The number of rotatable bonds is 5. The lowest BCUT2D eigenvalue weighted by Crippen LogP contribution is -2.29. The number of nitrogens with one attached hydrogen (secondary N) is 2. The van der Waals surface area contributed by atoms with Gasteiger partial charge in [-0.25, -0.2) is 4.68 Å². The molecule has 0 radical (unpaired) electrons. The first-order chi connectivity index (χ1) is 13.5. The molecule has 1 aliphatic rings. The van der Waals surface area contributed by atoms with Crippen molar-refractivity contribution in [2.75, 3.05) is 11.9 Å². The van der Waals surface area contributed by atoms with Crippen LogP contribution in [0.2, 0.25) is 10.0 Å². The summed E-state index contributed by atoms with van der Waals surface area (Å²) < 4.78 is 4.25. The topological polar surface area (TPSA) is 88.4 Å². The fraction of sp³-hybridized carbons (Fsp3) is 0.333. The van der Waals surface area contributed by atoms with E-state index >= 15 is 0 Å². The van der Waals surface area contributed by atoms with Crippen LogP contribution in [0.15, 0.2) is 45.1 Å². The first-order valence-electron chi connectivity index (χ1n) is 8.80. The summed E-state index contributed by atoms with van der Waals surface area (Å²) in [7, 11) is 0. The highest BCUT2D eigenvalue weighted by atomic mass is 35.5. The molecule has 2 N–H and O–H groups in total. The van der Waals surface area contributed by atoms with Crippen molar-refractivity contribution < 1.29 is 4.79 Å². The maximum Gasteiger partial charge on any atom is 0.287 e. The Bertz CT molecular complexity index is 948. The molecular weight excluding hydrogens is 421 g/mol. The van der Waals surface area contributed by atoms with Gasteiger partial charge in [-0.2, -0.15) is 5.10 Å². The number of aliphatic imine (C=N–C) groups is 1. The van der Waals surface area contributed by atoms with E-state index in [9.17, 15) is 9.59 Å². The summed E-state index contributed by atoms with van der Waals surface area (Å²) in [6.07, 6.45) is 5.67. The van der Waals surface area contributed by atoms with Crippen molar-refractivity contribution in [2.24, 2.45) is 4.99 Å². The Kier molecular flexibility index (Phi) is 7.36. The molecule has 2 heterocycles. The van der Waals surface area contributed by atoms with Crippen LogP contribution < -0.4 is 15.6 Å². The summed E-state index contributed by atoms with van der Waals surface area (Å²) in [6.45, 7) is 0.600. The molecule has 1 aromatic carbocycles. The number of amides is 1. The molecular formula is C18H19Cl2N5O2S. The number of amidine groups is 1. The number of anilines is 1. The van der Waals surface area contributed by atoms with E-state index in [1.807, 2.05) is 18.2 Å². The van der Waals surface area contributed by atoms with Gasteiger partial charge in [0.15, 0.2) is 0 Å². The molecule has 0 unspecified atom stereocenters. The Hall–Kier alpha value is -2.03. The molecule has 0 spiro atoms. The normalized spacial score (nSPS) is 14.1. The van der Waals surface area contributed by atoms with Crippen molar-refractivity contribution in [1.29, 1.82) is 0 Å². The van der Waals surface area contributed by atoms with Crippen molar-refractivity contribution in [3.8, 4) is 0 Å². The summed E-state index contributed by atoms with van der Waals surface area (Å²) in [5, 5.41) is 6.48. The van der Waals surface area contributed by atoms with Gasteiger partial charge in [-0.3, -0.25) is 14.6 Å². The summed E-state index contributed by atoms with van der Waals surface area (Å²) in [5.41, 5.74) is 0.00899. The fourth-order valence-corrected chi connectivity index (χ4v) is 3.61. The number of carbonyl (C=O) groups is 1. The minimum Gasteiger partial charge on any atom is -0.324 e. The number of nitrogens with zero attached hydrogens (tertiary/aromatic N) is 3. The third-order valence-electron chi connectivity index (χ3n) is 4.01. The van der Waals surface area contributed by atoms with Crippen LogP contribution in [0.5, 0.6) is 0 Å². The molecule has 0 fully saturated rings. The molecule has 148 valence electrons. The van der Waals surface area contributed by atoms with Crippen LogP contribution in [-0.4, -0.2) is 28.1 Å². The zero-order valence-electron chi connectivity index (χ0n) is 15.0. The summed E-state index contributed by atoms with van der Waals surface area (Å²) in [4.78, 5) is 29.7. The molecule has 0 saturated carbocycles. The number of hydrogen-bond donors (Lipinski definition) is 2. The van der Waals surface area contributed by atoms with Gasteiger partial charge in [0, 0.05) is 23.5 Å². The van der Waals surface area contributed by atoms with Crippen LogP contribution in [-0.2, 0) is 11.3 Å². The number of carbonyl (C=O) groups excluding carboxylic acids is 1. The van der Waals surface area contributed by atoms with Gasteiger partial charge in [0.2, 0.25) is 5.91 Å². The summed E-state index contributed by atoms with van der Waals surface area (Å²) in [6, 6.07) is 7.40. The van der Waals surface area contributed by atoms with Gasteiger partial charge < -0.3 is 10.0 Å². The smallest absolute Gasteiger partial charge is 0.287 e. The maximum absolute atomic E-state index is 12.3. The van der Waals surface area contributed by atoms with E-state index in [0.29, 0.717) is 5.69 Å². The number of hydrogen-bond acceptors (Lipinski definition) is 6. The summed E-state index contributed by atoms with van der Waals surface area (Å²) >= 11 is 13.0. The van der Waals surface area contributed by atoms with Gasteiger partial charge in [-0.15, -0.1) is 0 Å². The molecule has 1 aliphatic heterocycles. The quantitative estimate of drug-likeness (QED) is 0.692. The molecule has 7 nitrogen and oxygen atoms in total. The maximum atomic E-state index is 12.3. The second-order valence-corrected chi connectivity index (χ2v) is 7.85. The highest BCUT2D eigenvalue weighted by Gasteiger charge is 2.11. The minimum atomic E-state index is -0.609. The van der Waals surface area contributed by atoms with Gasteiger partial charge in [0.05, 0.1) is 11.2 Å². The van der Waals surface area contributed by atoms with E-state index < -0.39 is 11.5 Å².